The number of aliphatic hydroxyl groups excluding tert-OH is 1. The first-order valence-corrected chi connectivity index (χ1v) is 6.62. The first-order chi connectivity index (χ1) is 9.24. The number of amides is 2. The van der Waals surface area contributed by atoms with Crippen molar-refractivity contribution in [2.75, 3.05) is 5.32 Å². The van der Waals surface area contributed by atoms with Gasteiger partial charge in [0.2, 0.25) is 0 Å². The second kappa shape index (κ2) is 4.94. The Hall–Kier alpha value is -1.99. The van der Waals surface area contributed by atoms with Gasteiger partial charge in [-0.2, -0.15) is 0 Å². The molecule has 1 aliphatic rings. The molecule has 1 aromatic carbocycles. The molecule has 0 fully saturated rings. The van der Waals surface area contributed by atoms with Gasteiger partial charge >= 0.3 is 6.03 Å². The fourth-order valence-electron chi connectivity index (χ4n) is 2.26. The van der Waals surface area contributed by atoms with Crippen molar-refractivity contribution in [3.05, 3.63) is 41.6 Å². The van der Waals surface area contributed by atoms with Gasteiger partial charge in [-0.3, -0.25) is 5.32 Å². The average Bonchev–Trinajstić information content (AvgIpc) is 2.99. The summed E-state index contributed by atoms with van der Waals surface area (Å²) in [6.07, 6.45) is 1.44. The number of nitrogens with one attached hydrogen (secondary N) is 2. The highest BCUT2D eigenvalue weighted by atomic mass is 32.1. The van der Waals surface area contributed by atoms with Gasteiger partial charge in [0.05, 0.1) is 18.3 Å². The van der Waals surface area contributed by atoms with Gasteiger partial charge < -0.3 is 10.4 Å². The van der Waals surface area contributed by atoms with Crippen LogP contribution in [0.15, 0.2) is 30.5 Å². The highest BCUT2D eigenvalue weighted by molar-refractivity contribution is 7.10. The number of hydrogen-bond donors (Lipinski definition) is 3. The van der Waals surface area contributed by atoms with Crippen LogP contribution in [0.5, 0.6) is 0 Å². The minimum Gasteiger partial charge on any atom is -0.390 e. The van der Waals surface area contributed by atoms with Crippen LogP contribution in [0.1, 0.15) is 17.2 Å². The summed E-state index contributed by atoms with van der Waals surface area (Å²) in [6.45, 7) is 0. The lowest BCUT2D eigenvalue weighted by molar-refractivity contribution is 0.144. The number of carbonyl (C=O) groups is 1. The van der Waals surface area contributed by atoms with Crippen LogP contribution in [0.3, 0.4) is 0 Å². The highest BCUT2D eigenvalue weighted by Crippen LogP contribution is 2.31. The monoisotopic (exact) mass is 276 g/mol. The summed E-state index contributed by atoms with van der Waals surface area (Å²) in [4.78, 5) is 11.8. The number of fused-ring (bicyclic) bond motifs is 1. The van der Waals surface area contributed by atoms with Crippen LogP contribution in [-0.2, 0) is 6.42 Å². The van der Waals surface area contributed by atoms with Crippen LogP contribution in [0, 0.1) is 0 Å². The zero-order valence-electron chi connectivity index (χ0n) is 9.91. The molecule has 3 N–H and O–H groups in total. The Kier molecular flexibility index (Phi) is 3.14. The van der Waals surface area contributed by atoms with Crippen molar-refractivity contribution >= 4 is 22.6 Å². The third kappa shape index (κ3) is 2.42. The van der Waals surface area contributed by atoms with E-state index in [1.54, 1.807) is 0 Å². The Morgan fingerprint density at radius 1 is 1.42 bits per heavy atom. The summed E-state index contributed by atoms with van der Waals surface area (Å²) in [6, 6.07) is 6.97. The fraction of sp³-hybridized carbons (Fsp3) is 0.250. The molecule has 2 amide bonds. The van der Waals surface area contributed by atoms with Crippen LogP contribution in [0.4, 0.5) is 9.80 Å². The van der Waals surface area contributed by atoms with Crippen molar-refractivity contribution in [2.45, 2.75) is 18.6 Å². The van der Waals surface area contributed by atoms with E-state index in [0.717, 1.165) is 22.7 Å². The van der Waals surface area contributed by atoms with Crippen LogP contribution in [0.2, 0.25) is 0 Å². The maximum atomic E-state index is 11.8. The molecule has 2 atom stereocenters. The van der Waals surface area contributed by atoms with Gasteiger partial charge in [-0.1, -0.05) is 28.8 Å². The summed E-state index contributed by atoms with van der Waals surface area (Å²) in [5.41, 5.74) is 2.03. The normalized spacial score (nSPS) is 20.9. The number of urea groups is 1. The van der Waals surface area contributed by atoms with E-state index in [1.165, 1.54) is 6.20 Å². The van der Waals surface area contributed by atoms with Gasteiger partial charge in [-0.15, -0.1) is 5.10 Å². The van der Waals surface area contributed by atoms with E-state index >= 15 is 0 Å². The second-order valence-electron chi connectivity index (χ2n) is 4.33. The predicted molar refractivity (Wildman–Crippen MR) is 71.0 cm³/mol. The fourth-order valence-corrected chi connectivity index (χ4v) is 2.67. The van der Waals surface area contributed by atoms with Gasteiger partial charge in [0.25, 0.3) is 0 Å². The van der Waals surface area contributed by atoms with Gasteiger partial charge in [-0.25, -0.2) is 4.79 Å². The van der Waals surface area contributed by atoms with Gasteiger partial charge in [-0.05, 0) is 11.1 Å². The number of aliphatic hydroxyl groups is 1. The molecule has 2 aromatic rings. The number of carbonyl (C=O) groups excluding carboxylic acids is 1. The molecule has 3 rings (SSSR count). The zero-order valence-corrected chi connectivity index (χ0v) is 10.7. The van der Waals surface area contributed by atoms with Crippen molar-refractivity contribution in [2.24, 2.45) is 0 Å². The molecule has 1 aliphatic carbocycles. The summed E-state index contributed by atoms with van der Waals surface area (Å²) < 4.78 is 3.66. The Labute approximate surface area is 113 Å². The standard InChI is InChI=1S/C12H12N4O2S/c17-9-5-7-3-1-2-4-8(7)11(9)15-12(18)14-10-6-13-16-19-10/h1-4,6,9,11,17H,5H2,(H2,14,15,18). The number of nitrogens with zero attached hydrogens (tertiary/aromatic N) is 2. The number of aromatic nitrogens is 2. The molecule has 0 aliphatic heterocycles. The molecule has 0 bridgehead atoms. The lowest BCUT2D eigenvalue weighted by Gasteiger charge is -2.17. The van der Waals surface area contributed by atoms with Crippen LogP contribution in [-0.4, -0.2) is 26.8 Å². The zero-order chi connectivity index (χ0) is 13.2. The van der Waals surface area contributed by atoms with E-state index in [9.17, 15) is 9.90 Å². The SMILES string of the molecule is O=C(Nc1cnns1)NC1c2ccccc2CC1O. The van der Waals surface area contributed by atoms with Crippen LogP contribution in [0.25, 0.3) is 0 Å². The summed E-state index contributed by atoms with van der Waals surface area (Å²) in [5.74, 6) is 0. The van der Waals surface area contributed by atoms with E-state index in [4.69, 9.17) is 0 Å². The van der Waals surface area contributed by atoms with E-state index in [2.05, 4.69) is 20.2 Å². The van der Waals surface area contributed by atoms with Crippen molar-refractivity contribution in [3.8, 4) is 0 Å². The number of hydrogen-bond acceptors (Lipinski definition) is 5. The predicted octanol–water partition coefficient (Wildman–Crippen LogP) is 1.32. The molecule has 0 spiro atoms. The largest absolute Gasteiger partial charge is 0.390 e. The summed E-state index contributed by atoms with van der Waals surface area (Å²) in [7, 11) is 0. The Balaban J connectivity index is 1.71. The van der Waals surface area contributed by atoms with Crippen molar-refractivity contribution in [1.29, 1.82) is 0 Å². The molecular formula is C12H12N4O2S. The number of anilines is 1. The smallest absolute Gasteiger partial charge is 0.320 e. The Bertz CT molecular complexity index is 587. The molecule has 0 saturated heterocycles. The van der Waals surface area contributed by atoms with Gasteiger partial charge in [0.15, 0.2) is 0 Å². The number of benzene rings is 1. The molecule has 19 heavy (non-hydrogen) atoms. The second-order valence-corrected chi connectivity index (χ2v) is 5.11. The Morgan fingerprint density at radius 2 is 2.26 bits per heavy atom. The third-order valence-electron chi connectivity index (χ3n) is 3.09. The third-order valence-corrected chi connectivity index (χ3v) is 3.67. The van der Waals surface area contributed by atoms with Crippen molar-refractivity contribution < 1.29 is 9.90 Å². The Morgan fingerprint density at radius 3 is 3.05 bits per heavy atom. The molecule has 1 aromatic heterocycles. The topological polar surface area (TPSA) is 87.1 Å². The molecule has 0 saturated carbocycles. The molecule has 98 valence electrons. The highest BCUT2D eigenvalue weighted by Gasteiger charge is 2.31. The van der Waals surface area contributed by atoms with E-state index in [0.29, 0.717) is 11.4 Å². The van der Waals surface area contributed by atoms with Crippen LogP contribution < -0.4 is 10.6 Å². The minimum atomic E-state index is -0.595. The van der Waals surface area contributed by atoms with E-state index in [1.807, 2.05) is 24.3 Å². The molecule has 2 unspecified atom stereocenters. The van der Waals surface area contributed by atoms with Crippen LogP contribution >= 0.6 is 11.5 Å². The lowest BCUT2D eigenvalue weighted by Crippen LogP contribution is -2.36. The lowest BCUT2D eigenvalue weighted by atomic mass is 10.1. The average molecular weight is 276 g/mol. The quantitative estimate of drug-likeness (QED) is 0.772. The molecular weight excluding hydrogens is 264 g/mol. The van der Waals surface area contributed by atoms with E-state index in [-0.39, 0.29) is 12.1 Å². The first kappa shape index (κ1) is 12.1. The summed E-state index contributed by atoms with van der Waals surface area (Å²) >= 11 is 1.10. The van der Waals surface area contributed by atoms with Gasteiger partial charge in [0.1, 0.15) is 5.00 Å². The molecule has 1 heterocycles. The minimum absolute atomic E-state index is 0.369. The van der Waals surface area contributed by atoms with Crippen molar-refractivity contribution in [3.63, 3.8) is 0 Å². The van der Waals surface area contributed by atoms with E-state index < -0.39 is 6.10 Å². The summed E-state index contributed by atoms with van der Waals surface area (Å²) in [5, 5.41) is 19.6. The van der Waals surface area contributed by atoms with Gasteiger partial charge in [0, 0.05) is 18.0 Å². The molecule has 0 radical (unpaired) electrons. The first-order valence-electron chi connectivity index (χ1n) is 5.85. The molecule has 6 nitrogen and oxygen atoms in total. The maximum Gasteiger partial charge on any atom is 0.320 e. The van der Waals surface area contributed by atoms with Crippen molar-refractivity contribution in [1.82, 2.24) is 14.9 Å². The molecule has 7 heteroatoms. The maximum absolute atomic E-state index is 11.8. The number of rotatable bonds is 2.